The van der Waals surface area contributed by atoms with Crippen LogP contribution < -0.4 is 14.4 Å². The first-order valence-electron chi connectivity index (χ1n) is 21.0. The average molecular weight is 786 g/mol. The van der Waals surface area contributed by atoms with Crippen LogP contribution in [-0.2, 0) is 28.2 Å². The molecule has 6 heteroatoms. The first-order valence-corrected chi connectivity index (χ1v) is 23.5. The van der Waals surface area contributed by atoms with Crippen molar-refractivity contribution in [2.24, 2.45) is 4.99 Å². The largest absolute Gasteiger partial charge is 0.371 e. The van der Waals surface area contributed by atoms with E-state index >= 15 is 0 Å². The molecule has 56 heavy (non-hydrogen) atoms. The molecule has 0 bridgehead atoms. The van der Waals surface area contributed by atoms with E-state index in [2.05, 4.69) is 161 Å². The third-order valence-electron chi connectivity index (χ3n) is 13.1. The number of anilines is 2. The number of hydrogen-bond acceptors (Lipinski definition) is 5. The molecule has 0 aliphatic carbocycles. The van der Waals surface area contributed by atoms with Crippen molar-refractivity contribution >= 4 is 57.4 Å². The fraction of sp³-hybridized carbons (Fsp3) is 0.480. The van der Waals surface area contributed by atoms with Gasteiger partial charge >= 0.3 is 0 Å². The number of pyridine rings is 1. The topological polar surface area (TPSA) is 22.7 Å². The highest BCUT2D eigenvalue weighted by molar-refractivity contribution is 8.76. The molecule has 4 nitrogen and oxygen atoms in total. The first kappa shape index (κ1) is 40.7. The van der Waals surface area contributed by atoms with Crippen molar-refractivity contribution in [3.63, 3.8) is 0 Å². The van der Waals surface area contributed by atoms with Crippen molar-refractivity contribution < 1.29 is 4.57 Å². The SMILES string of the molecule is C=CC(/C=C/c1cc2c3c(c1)C(C)(C)CCN3CCC2(C)C)=C\C=NCCSSCC[n+]1ccc(/C=C/c2cc3c4c(c2)C(C)(C)CCN4CCC3(C)C)cc1. The molecule has 0 spiro atoms. The van der Waals surface area contributed by atoms with Gasteiger partial charge in [-0.1, -0.05) is 114 Å². The highest BCUT2D eigenvalue weighted by atomic mass is 33.1. The molecule has 0 amide bonds. The maximum atomic E-state index is 4.67. The normalized spacial score (nSPS) is 20.5. The van der Waals surface area contributed by atoms with Crippen LogP contribution in [0.15, 0.2) is 84.2 Å². The van der Waals surface area contributed by atoms with Gasteiger partial charge in [0, 0.05) is 68.2 Å². The van der Waals surface area contributed by atoms with Crippen LogP contribution in [0.4, 0.5) is 11.4 Å². The zero-order valence-corrected chi connectivity index (χ0v) is 37.1. The smallest absolute Gasteiger partial charge is 0.169 e. The van der Waals surface area contributed by atoms with Crippen LogP contribution in [0.1, 0.15) is 120 Å². The number of nitrogens with zero attached hydrogens (tertiary/aromatic N) is 4. The van der Waals surface area contributed by atoms with Crippen LogP contribution in [0.5, 0.6) is 0 Å². The Hall–Kier alpha value is -3.48. The molecule has 296 valence electrons. The molecule has 0 unspecified atom stereocenters. The number of aliphatic imine (C=N–C) groups is 1. The Balaban J connectivity index is 0.864. The summed E-state index contributed by atoms with van der Waals surface area (Å²) >= 11 is 0. The Morgan fingerprint density at radius 1 is 0.661 bits per heavy atom. The van der Waals surface area contributed by atoms with Crippen LogP contribution in [-0.4, -0.2) is 50.4 Å². The van der Waals surface area contributed by atoms with E-state index < -0.39 is 0 Å². The maximum absolute atomic E-state index is 4.67. The molecule has 3 aromatic rings. The molecule has 4 aliphatic rings. The minimum atomic E-state index is 0.192. The summed E-state index contributed by atoms with van der Waals surface area (Å²) in [6.07, 6.45) is 24.2. The van der Waals surface area contributed by atoms with Crippen molar-refractivity contribution in [3.05, 3.63) is 118 Å². The predicted octanol–water partition coefficient (Wildman–Crippen LogP) is 11.8. The van der Waals surface area contributed by atoms with E-state index in [1.165, 1.54) is 102 Å². The molecule has 5 heterocycles. The van der Waals surface area contributed by atoms with Crippen molar-refractivity contribution in [2.45, 2.75) is 109 Å². The van der Waals surface area contributed by atoms with Crippen molar-refractivity contribution in [1.29, 1.82) is 0 Å². The monoisotopic (exact) mass is 785 g/mol. The summed E-state index contributed by atoms with van der Waals surface area (Å²) in [6.45, 7) is 29.9. The number of allylic oxidation sites excluding steroid dienone is 4. The number of hydrogen-bond donors (Lipinski definition) is 0. The Labute approximate surface area is 346 Å². The summed E-state index contributed by atoms with van der Waals surface area (Å²) in [5.41, 5.74) is 14.8. The zero-order valence-electron chi connectivity index (χ0n) is 35.5. The first-order chi connectivity index (χ1) is 26.7. The lowest BCUT2D eigenvalue weighted by Gasteiger charge is -2.48. The summed E-state index contributed by atoms with van der Waals surface area (Å²) < 4.78 is 2.29. The molecule has 7 rings (SSSR count). The number of aromatic nitrogens is 1. The summed E-state index contributed by atoms with van der Waals surface area (Å²) in [5.74, 6) is 2.07. The van der Waals surface area contributed by atoms with Gasteiger partial charge in [-0.3, -0.25) is 4.99 Å². The van der Waals surface area contributed by atoms with E-state index in [1.54, 1.807) is 0 Å². The predicted molar refractivity (Wildman–Crippen MR) is 249 cm³/mol. The maximum Gasteiger partial charge on any atom is 0.169 e. The number of benzene rings is 2. The minimum Gasteiger partial charge on any atom is -0.371 e. The third kappa shape index (κ3) is 8.82. The third-order valence-corrected chi connectivity index (χ3v) is 15.5. The lowest BCUT2D eigenvalue weighted by atomic mass is 9.69. The number of rotatable bonds is 13. The second-order valence-corrected chi connectivity index (χ2v) is 21.7. The van der Waals surface area contributed by atoms with Crippen molar-refractivity contribution in [3.8, 4) is 0 Å². The molecule has 0 atom stereocenters. The lowest BCUT2D eigenvalue weighted by Crippen LogP contribution is -2.44. The van der Waals surface area contributed by atoms with E-state index in [9.17, 15) is 0 Å². The molecule has 0 saturated heterocycles. The molecule has 0 saturated carbocycles. The van der Waals surface area contributed by atoms with Crippen LogP contribution in [0.3, 0.4) is 0 Å². The highest BCUT2D eigenvalue weighted by Gasteiger charge is 2.41. The molecule has 2 aromatic carbocycles. The average Bonchev–Trinajstić information content (AvgIpc) is 3.16. The second kappa shape index (κ2) is 16.4. The van der Waals surface area contributed by atoms with Gasteiger partial charge in [-0.05, 0) is 122 Å². The van der Waals surface area contributed by atoms with Crippen molar-refractivity contribution in [2.75, 3.05) is 54.0 Å². The van der Waals surface area contributed by atoms with E-state index in [4.69, 9.17) is 0 Å². The molecular weight excluding hydrogens is 721 g/mol. The van der Waals surface area contributed by atoms with E-state index in [0.717, 1.165) is 30.2 Å². The van der Waals surface area contributed by atoms with Gasteiger partial charge in [0.15, 0.2) is 18.9 Å². The standard InChI is InChI=1S/C50H65N4S2/c1-10-37(11-13-39-33-41-45-42(34-39)48(4,5)19-27-53(45)26-18-47(41,2)3)15-22-51-23-31-55-56-32-30-52-24-16-38(17-25-52)12-14-40-35-43-46-44(36-40)50(8,9)21-29-54(46)28-20-49(43,6)7/h10-17,22,24-25,33-36H,1,18-21,23,26-32H2,2-9H3/q+1/b13-11+,37-15+,51-22?. The Kier molecular flexibility index (Phi) is 11.9. The molecule has 4 aliphatic heterocycles. The van der Waals surface area contributed by atoms with Gasteiger partial charge in [0.2, 0.25) is 0 Å². The summed E-state index contributed by atoms with van der Waals surface area (Å²) in [4.78, 5) is 9.95. The Morgan fingerprint density at radius 3 is 1.59 bits per heavy atom. The van der Waals surface area contributed by atoms with Gasteiger partial charge in [-0.15, -0.1) is 0 Å². The van der Waals surface area contributed by atoms with Crippen LogP contribution in [0, 0.1) is 0 Å². The highest BCUT2D eigenvalue weighted by Crippen LogP contribution is 2.51. The van der Waals surface area contributed by atoms with Crippen molar-refractivity contribution in [1.82, 2.24) is 0 Å². The van der Waals surface area contributed by atoms with Gasteiger partial charge in [0.1, 0.15) is 0 Å². The van der Waals surface area contributed by atoms with Gasteiger partial charge in [-0.25, -0.2) is 4.57 Å². The van der Waals surface area contributed by atoms with Gasteiger partial charge in [-0.2, -0.15) is 0 Å². The Bertz CT molecular complexity index is 1960. The fourth-order valence-electron chi connectivity index (χ4n) is 8.99. The summed E-state index contributed by atoms with van der Waals surface area (Å²) in [6, 6.07) is 14.2. The summed E-state index contributed by atoms with van der Waals surface area (Å²) in [7, 11) is 3.83. The quantitative estimate of drug-likeness (QED) is 0.0566. The molecule has 0 radical (unpaired) electrons. The van der Waals surface area contributed by atoms with E-state index in [1.807, 2.05) is 33.9 Å². The molecule has 0 N–H and O–H groups in total. The minimum absolute atomic E-state index is 0.192. The number of aryl methyl sites for hydroxylation is 1. The van der Waals surface area contributed by atoms with Gasteiger partial charge in [0.05, 0.1) is 5.75 Å². The second-order valence-electron chi connectivity index (χ2n) is 19.0. The van der Waals surface area contributed by atoms with E-state index in [-0.39, 0.29) is 21.7 Å². The zero-order chi connectivity index (χ0) is 39.7. The summed E-state index contributed by atoms with van der Waals surface area (Å²) in [5, 5.41) is 0. The lowest BCUT2D eigenvalue weighted by molar-refractivity contribution is -0.692. The Morgan fingerprint density at radius 2 is 1.11 bits per heavy atom. The van der Waals surface area contributed by atoms with Gasteiger partial charge < -0.3 is 9.80 Å². The van der Waals surface area contributed by atoms with Crippen LogP contribution >= 0.6 is 21.6 Å². The van der Waals surface area contributed by atoms with E-state index in [0.29, 0.717) is 0 Å². The molecule has 0 fully saturated rings. The molecule has 1 aromatic heterocycles. The fourth-order valence-corrected chi connectivity index (χ4v) is 10.8. The molecular formula is C50H65N4S2+. The van der Waals surface area contributed by atoms with Crippen LogP contribution in [0.25, 0.3) is 18.2 Å². The van der Waals surface area contributed by atoms with Gasteiger partial charge in [0.25, 0.3) is 0 Å². The van der Waals surface area contributed by atoms with Crippen LogP contribution in [0.2, 0.25) is 0 Å².